The quantitative estimate of drug-likeness (QED) is 0.505. The standard InChI is InChI=1S/C7H16N2OS/c1-9-6(4-5-11)2-3-7(8)10/h6,9,11H,2-5H2,1H3,(H2,8,10). The zero-order valence-corrected chi connectivity index (χ0v) is 7.73. The molecule has 4 heteroatoms. The molecule has 0 aromatic heterocycles. The highest BCUT2D eigenvalue weighted by Gasteiger charge is 2.05. The molecule has 0 radical (unpaired) electrons. The van der Waals surface area contributed by atoms with Gasteiger partial charge in [-0.1, -0.05) is 0 Å². The van der Waals surface area contributed by atoms with Crippen molar-refractivity contribution in [3.8, 4) is 0 Å². The Balaban J connectivity index is 3.43. The number of carbonyl (C=O) groups is 1. The lowest BCUT2D eigenvalue weighted by Gasteiger charge is -2.12. The normalized spacial score (nSPS) is 12.9. The minimum atomic E-state index is -0.232. The van der Waals surface area contributed by atoms with Gasteiger partial charge in [-0.2, -0.15) is 12.6 Å². The summed E-state index contributed by atoms with van der Waals surface area (Å²) in [6, 6.07) is 0.375. The first kappa shape index (κ1) is 10.8. The molecule has 3 N–H and O–H groups in total. The molecule has 0 aromatic rings. The predicted octanol–water partition coefficient (Wildman–Crippen LogP) is 0.160. The van der Waals surface area contributed by atoms with Crippen LogP contribution in [0.3, 0.4) is 0 Å². The van der Waals surface area contributed by atoms with Crippen LogP contribution in [0.25, 0.3) is 0 Å². The van der Waals surface area contributed by atoms with Crippen molar-refractivity contribution in [1.82, 2.24) is 5.32 Å². The highest BCUT2D eigenvalue weighted by molar-refractivity contribution is 7.80. The number of amides is 1. The first-order chi connectivity index (χ1) is 5.20. The van der Waals surface area contributed by atoms with Gasteiger partial charge in [-0.3, -0.25) is 4.79 Å². The van der Waals surface area contributed by atoms with Crippen LogP contribution in [0, 0.1) is 0 Å². The topological polar surface area (TPSA) is 55.1 Å². The molecule has 1 amide bonds. The summed E-state index contributed by atoms with van der Waals surface area (Å²) >= 11 is 4.10. The summed E-state index contributed by atoms with van der Waals surface area (Å²) in [7, 11) is 1.88. The van der Waals surface area contributed by atoms with Gasteiger partial charge in [-0.05, 0) is 25.6 Å². The highest BCUT2D eigenvalue weighted by atomic mass is 32.1. The van der Waals surface area contributed by atoms with Gasteiger partial charge in [0.2, 0.25) is 5.91 Å². The molecule has 0 fully saturated rings. The number of carbonyl (C=O) groups excluding carboxylic acids is 1. The third-order valence-electron chi connectivity index (χ3n) is 1.63. The van der Waals surface area contributed by atoms with E-state index >= 15 is 0 Å². The van der Waals surface area contributed by atoms with Crippen LogP contribution in [0.5, 0.6) is 0 Å². The van der Waals surface area contributed by atoms with Crippen molar-refractivity contribution in [3.05, 3.63) is 0 Å². The van der Waals surface area contributed by atoms with E-state index in [4.69, 9.17) is 5.73 Å². The summed E-state index contributed by atoms with van der Waals surface area (Å²) in [5, 5.41) is 3.10. The molecule has 11 heavy (non-hydrogen) atoms. The van der Waals surface area contributed by atoms with Gasteiger partial charge >= 0.3 is 0 Å². The van der Waals surface area contributed by atoms with Crippen LogP contribution in [0.1, 0.15) is 19.3 Å². The number of nitrogens with two attached hydrogens (primary N) is 1. The number of nitrogens with one attached hydrogen (secondary N) is 1. The molecule has 0 rings (SSSR count). The molecule has 1 atom stereocenters. The Bertz CT molecular complexity index is 119. The molecule has 0 saturated carbocycles. The van der Waals surface area contributed by atoms with E-state index in [1.807, 2.05) is 7.05 Å². The molecule has 0 spiro atoms. The number of hydrogen-bond acceptors (Lipinski definition) is 3. The fourth-order valence-corrected chi connectivity index (χ4v) is 1.22. The van der Waals surface area contributed by atoms with E-state index in [1.54, 1.807) is 0 Å². The van der Waals surface area contributed by atoms with Gasteiger partial charge in [0.1, 0.15) is 0 Å². The van der Waals surface area contributed by atoms with E-state index in [0.29, 0.717) is 12.5 Å². The van der Waals surface area contributed by atoms with E-state index in [9.17, 15) is 4.79 Å². The van der Waals surface area contributed by atoms with Gasteiger partial charge in [-0.15, -0.1) is 0 Å². The number of hydrogen-bond donors (Lipinski definition) is 3. The Hall–Kier alpha value is -0.220. The molecule has 1 unspecified atom stereocenters. The Morgan fingerprint density at radius 3 is 2.64 bits per heavy atom. The monoisotopic (exact) mass is 176 g/mol. The fourth-order valence-electron chi connectivity index (χ4n) is 0.905. The van der Waals surface area contributed by atoms with Crippen LogP contribution in [-0.4, -0.2) is 24.7 Å². The van der Waals surface area contributed by atoms with Crippen molar-refractivity contribution >= 4 is 18.5 Å². The maximum atomic E-state index is 10.4. The summed E-state index contributed by atoms with van der Waals surface area (Å²) in [6.07, 6.45) is 2.25. The minimum absolute atomic E-state index is 0.232. The van der Waals surface area contributed by atoms with Crippen LogP contribution < -0.4 is 11.1 Å². The van der Waals surface area contributed by atoms with Gasteiger partial charge in [-0.25, -0.2) is 0 Å². The second-order valence-electron chi connectivity index (χ2n) is 2.50. The second kappa shape index (κ2) is 6.49. The molecule has 0 bridgehead atoms. The van der Waals surface area contributed by atoms with E-state index in [2.05, 4.69) is 17.9 Å². The van der Waals surface area contributed by atoms with Gasteiger partial charge in [0.25, 0.3) is 0 Å². The molecule has 66 valence electrons. The Labute approximate surface area is 73.1 Å². The van der Waals surface area contributed by atoms with Gasteiger partial charge in [0.15, 0.2) is 0 Å². The molecule has 3 nitrogen and oxygen atoms in total. The first-order valence-electron chi connectivity index (χ1n) is 3.77. The lowest BCUT2D eigenvalue weighted by Crippen LogP contribution is -2.27. The maximum absolute atomic E-state index is 10.4. The molecular weight excluding hydrogens is 160 g/mol. The molecular formula is C7H16N2OS. The fraction of sp³-hybridized carbons (Fsp3) is 0.857. The third-order valence-corrected chi connectivity index (χ3v) is 1.88. The van der Waals surface area contributed by atoms with Crippen LogP contribution in [-0.2, 0) is 4.79 Å². The molecule has 0 aliphatic rings. The largest absolute Gasteiger partial charge is 0.370 e. The lowest BCUT2D eigenvalue weighted by atomic mass is 10.1. The van der Waals surface area contributed by atoms with E-state index in [0.717, 1.165) is 18.6 Å². The average Bonchev–Trinajstić information content (AvgIpc) is 1.97. The van der Waals surface area contributed by atoms with Gasteiger partial charge < -0.3 is 11.1 Å². The van der Waals surface area contributed by atoms with Gasteiger partial charge in [0.05, 0.1) is 0 Å². The summed E-state index contributed by atoms with van der Waals surface area (Å²) in [5.74, 6) is 0.606. The van der Waals surface area contributed by atoms with E-state index < -0.39 is 0 Å². The summed E-state index contributed by atoms with van der Waals surface area (Å²) in [4.78, 5) is 10.4. The van der Waals surface area contributed by atoms with E-state index in [-0.39, 0.29) is 5.91 Å². The zero-order chi connectivity index (χ0) is 8.69. The molecule has 0 aliphatic carbocycles. The molecule has 0 aliphatic heterocycles. The van der Waals surface area contributed by atoms with Crippen LogP contribution in [0.4, 0.5) is 0 Å². The summed E-state index contributed by atoms with van der Waals surface area (Å²) < 4.78 is 0. The lowest BCUT2D eigenvalue weighted by molar-refractivity contribution is -0.118. The average molecular weight is 176 g/mol. The second-order valence-corrected chi connectivity index (χ2v) is 2.95. The maximum Gasteiger partial charge on any atom is 0.217 e. The van der Waals surface area contributed by atoms with E-state index in [1.165, 1.54) is 0 Å². The number of rotatable bonds is 6. The minimum Gasteiger partial charge on any atom is -0.370 e. The Kier molecular flexibility index (Phi) is 6.36. The number of primary amides is 1. The molecule has 0 saturated heterocycles. The first-order valence-corrected chi connectivity index (χ1v) is 4.40. The summed E-state index contributed by atoms with van der Waals surface area (Å²) in [6.45, 7) is 0. The molecule has 0 aromatic carbocycles. The Morgan fingerprint density at radius 2 is 2.27 bits per heavy atom. The van der Waals surface area contributed by atoms with Crippen molar-refractivity contribution in [2.75, 3.05) is 12.8 Å². The smallest absolute Gasteiger partial charge is 0.217 e. The van der Waals surface area contributed by atoms with Gasteiger partial charge in [0, 0.05) is 12.5 Å². The third kappa shape index (κ3) is 6.19. The van der Waals surface area contributed by atoms with Crippen molar-refractivity contribution < 1.29 is 4.79 Å². The zero-order valence-electron chi connectivity index (χ0n) is 6.84. The van der Waals surface area contributed by atoms with Crippen molar-refractivity contribution in [2.24, 2.45) is 5.73 Å². The van der Waals surface area contributed by atoms with Crippen LogP contribution in [0.15, 0.2) is 0 Å². The number of thiol groups is 1. The predicted molar refractivity (Wildman–Crippen MR) is 49.7 cm³/mol. The Morgan fingerprint density at radius 1 is 1.64 bits per heavy atom. The van der Waals surface area contributed by atoms with Crippen molar-refractivity contribution in [1.29, 1.82) is 0 Å². The van der Waals surface area contributed by atoms with Crippen LogP contribution in [0.2, 0.25) is 0 Å². The molecule has 0 heterocycles. The van der Waals surface area contributed by atoms with Crippen molar-refractivity contribution in [2.45, 2.75) is 25.3 Å². The highest BCUT2D eigenvalue weighted by Crippen LogP contribution is 2.01. The summed E-state index contributed by atoms with van der Waals surface area (Å²) in [5.41, 5.74) is 5.01. The van der Waals surface area contributed by atoms with Crippen LogP contribution >= 0.6 is 12.6 Å². The van der Waals surface area contributed by atoms with Crippen molar-refractivity contribution in [3.63, 3.8) is 0 Å². The SMILES string of the molecule is CNC(CCS)CCC(N)=O.